The van der Waals surface area contributed by atoms with Gasteiger partial charge in [0.05, 0.1) is 24.4 Å². The average Bonchev–Trinajstić information content (AvgIpc) is 3.29. The van der Waals surface area contributed by atoms with E-state index in [0.717, 1.165) is 24.3 Å². The third-order valence-electron chi connectivity index (χ3n) is 7.01. The number of ether oxygens (including phenoxy) is 2. The Bertz CT molecular complexity index is 1280. The second kappa shape index (κ2) is 11.2. The average molecular weight is 554 g/mol. The van der Waals surface area contributed by atoms with Crippen LogP contribution in [0.2, 0.25) is 0 Å². The summed E-state index contributed by atoms with van der Waals surface area (Å²) in [5, 5.41) is 12.7. The van der Waals surface area contributed by atoms with Crippen molar-refractivity contribution in [3.63, 3.8) is 0 Å². The van der Waals surface area contributed by atoms with Gasteiger partial charge in [0.25, 0.3) is 0 Å². The van der Waals surface area contributed by atoms with Crippen LogP contribution in [-0.4, -0.2) is 74.0 Å². The highest BCUT2D eigenvalue weighted by Crippen LogP contribution is 2.37. The van der Waals surface area contributed by atoms with E-state index in [4.69, 9.17) is 9.47 Å². The number of pyridine rings is 1. The largest absolute Gasteiger partial charge is 0.408 e. The summed E-state index contributed by atoms with van der Waals surface area (Å²) in [5.74, 6) is 0.968. The lowest BCUT2D eigenvalue weighted by Gasteiger charge is -2.32. The van der Waals surface area contributed by atoms with Crippen molar-refractivity contribution < 1.29 is 32.1 Å². The fourth-order valence-corrected chi connectivity index (χ4v) is 4.81. The highest BCUT2D eigenvalue weighted by Gasteiger charge is 2.40. The van der Waals surface area contributed by atoms with Gasteiger partial charge in [0.2, 0.25) is 5.95 Å². The molecule has 0 aromatic carbocycles. The van der Waals surface area contributed by atoms with E-state index < -0.39 is 36.9 Å². The Kier molecular flexibility index (Phi) is 7.87. The van der Waals surface area contributed by atoms with Gasteiger partial charge in [-0.15, -0.1) is 0 Å². The first-order valence-corrected chi connectivity index (χ1v) is 13.0. The molecule has 2 aliphatic rings. The molecule has 0 aliphatic carbocycles. The van der Waals surface area contributed by atoms with Gasteiger partial charge in [0.15, 0.2) is 6.29 Å². The smallest absolute Gasteiger partial charge is 0.390 e. The van der Waals surface area contributed by atoms with Gasteiger partial charge in [0, 0.05) is 25.4 Å². The minimum Gasteiger partial charge on any atom is -0.390 e. The second-order valence-electron chi connectivity index (χ2n) is 9.88. The van der Waals surface area contributed by atoms with E-state index in [1.807, 2.05) is 0 Å². The highest BCUT2D eigenvalue weighted by atomic mass is 19.4. The molecule has 0 radical (unpaired) electrons. The van der Waals surface area contributed by atoms with Gasteiger partial charge >= 0.3 is 6.18 Å². The third kappa shape index (κ3) is 6.07. The van der Waals surface area contributed by atoms with Crippen molar-refractivity contribution >= 4 is 28.6 Å². The lowest BCUT2D eigenvalue weighted by molar-refractivity contribution is -0.190. The molecule has 5 rings (SSSR count). The maximum atomic E-state index is 14.0. The zero-order valence-corrected chi connectivity index (χ0v) is 21.6. The number of aliphatic hydroxyl groups is 1. The van der Waals surface area contributed by atoms with Crippen LogP contribution < -0.4 is 10.2 Å². The number of imidazole rings is 1. The van der Waals surface area contributed by atoms with Crippen molar-refractivity contribution in [2.75, 3.05) is 29.9 Å². The van der Waals surface area contributed by atoms with Crippen LogP contribution in [-0.2, 0) is 9.47 Å². The molecule has 0 bridgehead atoms. The second-order valence-corrected chi connectivity index (χ2v) is 9.88. The molecule has 2 N–H and O–H groups in total. The number of nitrogens with one attached hydrogen (secondary N) is 1. The Morgan fingerprint density at radius 2 is 1.97 bits per heavy atom. The molecule has 0 amide bonds. The van der Waals surface area contributed by atoms with Crippen LogP contribution in [0.15, 0.2) is 24.5 Å². The number of rotatable bonds is 7. The lowest BCUT2D eigenvalue weighted by atomic mass is 10.1. The number of aliphatic hydroxyl groups excluding tert-OH is 1. The number of piperidine rings is 1. The summed E-state index contributed by atoms with van der Waals surface area (Å²) in [6, 6.07) is 1.18. The van der Waals surface area contributed by atoms with Crippen LogP contribution >= 0.6 is 0 Å². The van der Waals surface area contributed by atoms with E-state index in [0.29, 0.717) is 25.4 Å². The van der Waals surface area contributed by atoms with Gasteiger partial charge in [-0.05, 0) is 45.6 Å². The molecule has 14 heteroatoms. The summed E-state index contributed by atoms with van der Waals surface area (Å²) < 4.78 is 68.6. The lowest BCUT2D eigenvalue weighted by Crippen LogP contribution is -2.45. The summed E-state index contributed by atoms with van der Waals surface area (Å²) in [5.41, 5.74) is 0.516. The van der Waals surface area contributed by atoms with Gasteiger partial charge in [-0.3, -0.25) is 0 Å². The number of hydrogen-bond acceptors (Lipinski definition) is 9. The van der Waals surface area contributed by atoms with E-state index >= 15 is 0 Å². The number of nitrogens with zero attached hydrogens (tertiary/aromatic N) is 6. The number of alkyl halides is 4. The summed E-state index contributed by atoms with van der Waals surface area (Å²) >= 11 is 0. The molecule has 5 atom stereocenters. The maximum absolute atomic E-state index is 14.0. The molecule has 0 spiro atoms. The van der Waals surface area contributed by atoms with Gasteiger partial charge in [0.1, 0.15) is 41.3 Å². The molecule has 3 aromatic heterocycles. The molecule has 39 heavy (non-hydrogen) atoms. The van der Waals surface area contributed by atoms with E-state index in [2.05, 4.69) is 25.3 Å². The Morgan fingerprint density at radius 1 is 1.15 bits per heavy atom. The normalized spacial score (nSPS) is 24.1. The van der Waals surface area contributed by atoms with Gasteiger partial charge < -0.3 is 29.4 Å². The van der Waals surface area contributed by atoms with Crippen LogP contribution in [0.5, 0.6) is 0 Å². The number of fused-ring (bicyclic) bond motifs is 1. The number of halogens is 4. The molecule has 5 heterocycles. The van der Waals surface area contributed by atoms with Crippen molar-refractivity contribution in [1.29, 1.82) is 0 Å². The first-order valence-electron chi connectivity index (χ1n) is 13.0. The highest BCUT2D eigenvalue weighted by molar-refractivity contribution is 5.79. The topological polar surface area (TPSA) is 110 Å². The van der Waals surface area contributed by atoms with E-state index in [1.165, 1.54) is 18.5 Å². The summed E-state index contributed by atoms with van der Waals surface area (Å²) in [6.07, 6.45) is -2.57. The summed E-state index contributed by atoms with van der Waals surface area (Å²) in [6.45, 7) is 3.63. The predicted octanol–water partition coefficient (Wildman–Crippen LogP) is 4.60. The van der Waals surface area contributed by atoms with Crippen LogP contribution in [0.1, 0.15) is 57.5 Å². The van der Waals surface area contributed by atoms with Crippen molar-refractivity contribution in [2.24, 2.45) is 0 Å². The predicted molar refractivity (Wildman–Crippen MR) is 134 cm³/mol. The first kappa shape index (κ1) is 27.5. The van der Waals surface area contributed by atoms with Gasteiger partial charge in [-0.2, -0.15) is 18.2 Å². The Labute approximate surface area is 222 Å². The zero-order valence-electron chi connectivity index (χ0n) is 21.6. The van der Waals surface area contributed by atoms with E-state index in [1.54, 1.807) is 17.9 Å². The van der Waals surface area contributed by atoms with Crippen molar-refractivity contribution in [1.82, 2.24) is 24.5 Å². The van der Waals surface area contributed by atoms with Gasteiger partial charge in [-0.1, -0.05) is 0 Å². The van der Waals surface area contributed by atoms with Crippen molar-refractivity contribution in [3.8, 4) is 0 Å². The quantitative estimate of drug-likeness (QED) is 0.406. The molecular formula is C25H31F4N7O3. The number of aromatic nitrogens is 5. The Morgan fingerprint density at radius 3 is 2.69 bits per heavy atom. The third-order valence-corrected chi connectivity index (χ3v) is 7.01. The molecule has 2 aliphatic heterocycles. The van der Waals surface area contributed by atoms with E-state index in [-0.39, 0.29) is 41.6 Å². The molecule has 3 unspecified atom stereocenters. The van der Waals surface area contributed by atoms with Crippen LogP contribution in [0.4, 0.5) is 35.1 Å². The molecule has 10 nitrogen and oxygen atoms in total. The first-order chi connectivity index (χ1) is 18.6. The van der Waals surface area contributed by atoms with Crippen LogP contribution in [0, 0.1) is 0 Å². The standard InChI is InChI=1S/C25H31F4N7O3/c1-14(39-22-5-3-4-10-38-22)23-32-17-12-31-21(11-18(17)36(23)15(2)25(27,28)29)33-20-6-8-30-24(34-20)35-9-7-19(37)16(26)13-35/h6,8,11-12,14-16,19,22,37H,3-5,7,9-10,13H2,1-2H3,(H,30,31,33,34)/t14-,15+,16?,19?,22?/m1/s1. The van der Waals surface area contributed by atoms with Crippen molar-refractivity contribution in [3.05, 3.63) is 30.4 Å². The molecular weight excluding hydrogens is 522 g/mol. The molecule has 3 aromatic rings. The van der Waals surface area contributed by atoms with Gasteiger partial charge in [-0.25, -0.2) is 19.3 Å². The molecule has 212 valence electrons. The minimum atomic E-state index is -4.53. The Hall–Kier alpha value is -3.10. The number of anilines is 3. The van der Waals surface area contributed by atoms with Crippen molar-refractivity contribution in [2.45, 2.75) is 76.4 Å². The fourth-order valence-electron chi connectivity index (χ4n) is 4.81. The maximum Gasteiger partial charge on any atom is 0.408 e. The number of hydrogen-bond donors (Lipinski definition) is 2. The minimum absolute atomic E-state index is 0.0434. The summed E-state index contributed by atoms with van der Waals surface area (Å²) in [7, 11) is 0. The van der Waals surface area contributed by atoms with Crippen LogP contribution in [0.3, 0.4) is 0 Å². The summed E-state index contributed by atoms with van der Waals surface area (Å²) in [4.78, 5) is 19.0. The molecule has 2 saturated heterocycles. The van der Waals surface area contributed by atoms with E-state index in [9.17, 15) is 22.7 Å². The van der Waals surface area contributed by atoms with Crippen LogP contribution in [0.25, 0.3) is 11.0 Å². The molecule has 2 fully saturated rings. The Balaban J connectivity index is 1.43. The SMILES string of the molecule is C[C@H](n1c([C@@H](C)OC2CCCCO2)nc2cnc(Nc3ccnc(N4CCC(O)C(F)C4)n3)cc21)C(F)(F)F. The fraction of sp³-hybridized carbons (Fsp3) is 0.600. The monoisotopic (exact) mass is 553 g/mol. The zero-order chi connectivity index (χ0) is 27.7. The molecule has 0 saturated carbocycles.